The molecule has 1 atom stereocenters. The summed E-state index contributed by atoms with van der Waals surface area (Å²) in [6.07, 6.45) is 3.32. The van der Waals surface area contributed by atoms with E-state index >= 15 is 0 Å². The van der Waals surface area contributed by atoms with Crippen LogP contribution < -0.4 is 0 Å². The molecule has 1 aromatic rings. The third-order valence-electron chi connectivity index (χ3n) is 3.71. The summed E-state index contributed by atoms with van der Waals surface area (Å²) in [7, 11) is -1.40. The summed E-state index contributed by atoms with van der Waals surface area (Å²) >= 11 is 0. The van der Waals surface area contributed by atoms with Crippen molar-refractivity contribution in [3.63, 3.8) is 0 Å². The maximum Gasteiger partial charge on any atom is 0.211 e. The molecule has 0 bridgehead atoms. The molecule has 0 aromatic carbocycles. The smallest absolute Gasteiger partial charge is 0.211 e. The second-order valence-corrected chi connectivity index (χ2v) is 7.53. The van der Waals surface area contributed by atoms with E-state index in [1.54, 1.807) is 17.8 Å². The Labute approximate surface area is 119 Å². The van der Waals surface area contributed by atoms with E-state index in [2.05, 4.69) is 5.10 Å². The molecular weight excluding hydrogens is 278 g/mol. The van der Waals surface area contributed by atoms with Gasteiger partial charge in [-0.2, -0.15) is 5.10 Å². The van der Waals surface area contributed by atoms with Crippen LogP contribution in [0.2, 0.25) is 0 Å². The lowest BCUT2D eigenvalue weighted by Gasteiger charge is -2.30. The Hall–Kier alpha value is -1.21. The molecule has 1 aromatic heterocycles. The average molecular weight is 299 g/mol. The lowest BCUT2D eigenvalue weighted by molar-refractivity contribution is 0.0933. The summed E-state index contributed by atoms with van der Waals surface area (Å²) < 4.78 is 26.2. The SMILES string of the molecule is Cc1cc(C(=O)CC2CCCN(S(C)(=O)=O)C2)n(C)n1. The maximum absolute atomic E-state index is 12.3. The van der Waals surface area contributed by atoms with E-state index in [1.165, 1.54) is 10.6 Å². The van der Waals surface area contributed by atoms with Gasteiger partial charge in [-0.05, 0) is 31.7 Å². The summed E-state index contributed by atoms with van der Waals surface area (Å²) in [5, 5.41) is 4.17. The summed E-state index contributed by atoms with van der Waals surface area (Å²) in [5.74, 6) is 0.134. The van der Waals surface area contributed by atoms with Crippen LogP contribution in [0.1, 0.15) is 35.4 Å². The van der Waals surface area contributed by atoms with Crippen LogP contribution in [0.3, 0.4) is 0 Å². The minimum absolute atomic E-state index is 0.0356. The summed E-state index contributed by atoms with van der Waals surface area (Å²) in [4.78, 5) is 12.3. The molecule has 7 heteroatoms. The van der Waals surface area contributed by atoms with Crippen molar-refractivity contribution >= 4 is 15.8 Å². The van der Waals surface area contributed by atoms with Crippen molar-refractivity contribution < 1.29 is 13.2 Å². The number of aryl methyl sites for hydroxylation is 2. The Morgan fingerprint density at radius 2 is 2.20 bits per heavy atom. The second kappa shape index (κ2) is 5.65. The molecule has 1 aliphatic rings. The van der Waals surface area contributed by atoms with Gasteiger partial charge >= 0.3 is 0 Å². The predicted molar refractivity (Wildman–Crippen MR) is 76.0 cm³/mol. The number of sulfonamides is 1. The molecule has 0 radical (unpaired) electrons. The van der Waals surface area contributed by atoms with Crippen molar-refractivity contribution in [2.45, 2.75) is 26.2 Å². The molecule has 2 heterocycles. The van der Waals surface area contributed by atoms with E-state index in [0.29, 0.717) is 25.2 Å². The molecule has 1 saturated heterocycles. The van der Waals surface area contributed by atoms with Crippen molar-refractivity contribution in [1.82, 2.24) is 14.1 Å². The molecule has 0 saturated carbocycles. The number of hydrogen-bond donors (Lipinski definition) is 0. The van der Waals surface area contributed by atoms with Gasteiger partial charge in [0.15, 0.2) is 5.78 Å². The Balaban J connectivity index is 2.03. The molecule has 6 nitrogen and oxygen atoms in total. The van der Waals surface area contributed by atoms with Gasteiger partial charge in [0.05, 0.1) is 11.9 Å². The van der Waals surface area contributed by atoms with Crippen molar-refractivity contribution in [2.75, 3.05) is 19.3 Å². The van der Waals surface area contributed by atoms with Crippen LogP contribution in [0.25, 0.3) is 0 Å². The first-order valence-corrected chi connectivity index (χ1v) is 8.61. The van der Waals surface area contributed by atoms with Gasteiger partial charge in [0.2, 0.25) is 10.0 Å². The Bertz CT molecular complexity index is 606. The first-order chi connectivity index (χ1) is 9.27. The zero-order valence-corrected chi connectivity index (χ0v) is 13.0. The second-order valence-electron chi connectivity index (χ2n) is 5.55. The minimum atomic E-state index is -3.16. The Morgan fingerprint density at radius 1 is 1.50 bits per heavy atom. The van der Waals surface area contributed by atoms with E-state index in [4.69, 9.17) is 0 Å². The normalized spacial score (nSPS) is 21.1. The molecule has 1 unspecified atom stereocenters. The third-order valence-corrected chi connectivity index (χ3v) is 4.98. The molecule has 112 valence electrons. The van der Waals surface area contributed by atoms with E-state index in [1.807, 2.05) is 6.92 Å². The monoisotopic (exact) mass is 299 g/mol. The molecule has 20 heavy (non-hydrogen) atoms. The van der Waals surface area contributed by atoms with Crippen LogP contribution in [0.5, 0.6) is 0 Å². The molecule has 0 N–H and O–H groups in total. The lowest BCUT2D eigenvalue weighted by Crippen LogP contribution is -2.39. The highest BCUT2D eigenvalue weighted by atomic mass is 32.2. The molecular formula is C13H21N3O3S. The van der Waals surface area contributed by atoms with Gasteiger partial charge < -0.3 is 0 Å². The van der Waals surface area contributed by atoms with E-state index in [9.17, 15) is 13.2 Å². The van der Waals surface area contributed by atoms with Crippen LogP contribution in [0.15, 0.2) is 6.07 Å². The summed E-state index contributed by atoms with van der Waals surface area (Å²) in [5.41, 5.74) is 1.41. The van der Waals surface area contributed by atoms with Crippen LogP contribution in [0.4, 0.5) is 0 Å². The molecule has 0 amide bonds. The Kier molecular flexibility index (Phi) is 4.29. The number of Topliss-reactive ketones (excluding diaryl/α,β-unsaturated/α-hetero) is 1. The number of hydrogen-bond acceptors (Lipinski definition) is 4. The highest BCUT2D eigenvalue weighted by Gasteiger charge is 2.28. The number of carbonyl (C=O) groups is 1. The largest absolute Gasteiger partial charge is 0.292 e. The molecule has 0 spiro atoms. The van der Waals surface area contributed by atoms with Gasteiger partial charge in [-0.3, -0.25) is 9.48 Å². The van der Waals surface area contributed by atoms with Crippen molar-refractivity contribution in [1.29, 1.82) is 0 Å². The fraction of sp³-hybridized carbons (Fsp3) is 0.692. The zero-order chi connectivity index (χ0) is 14.9. The quantitative estimate of drug-likeness (QED) is 0.777. The van der Waals surface area contributed by atoms with Gasteiger partial charge in [-0.1, -0.05) is 0 Å². The fourth-order valence-corrected chi connectivity index (χ4v) is 3.68. The van der Waals surface area contributed by atoms with Gasteiger partial charge in [0.25, 0.3) is 0 Å². The van der Waals surface area contributed by atoms with Crippen LogP contribution in [0, 0.1) is 12.8 Å². The highest BCUT2D eigenvalue weighted by molar-refractivity contribution is 7.88. The van der Waals surface area contributed by atoms with Crippen molar-refractivity contribution in [3.05, 3.63) is 17.5 Å². The molecule has 1 fully saturated rings. The minimum Gasteiger partial charge on any atom is -0.292 e. The third kappa shape index (κ3) is 3.46. The Morgan fingerprint density at radius 3 is 2.75 bits per heavy atom. The van der Waals surface area contributed by atoms with Gasteiger partial charge in [-0.25, -0.2) is 12.7 Å². The standard InChI is InChI=1S/C13H21N3O3S/c1-10-7-12(15(2)14-10)13(17)8-11-5-4-6-16(9-11)20(3,18)19/h7,11H,4-6,8-9H2,1-3H3. The molecule has 0 aliphatic carbocycles. The number of carbonyl (C=O) groups excluding carboxylic acids is 1. The first-order valence-electron chi connectivity index (χ1n) is 6.76. The zero-order valence-electron chi connectivity index (χ0n) is 12.2. The maximum atomic E-state index is 12.3. The van der Waals surface area contributed by atoms with Gasteiger partial charge in [0.1, 0.15) is 5.69 Å². The van der Waals surface area contributed by atoms with E-state index in [-0.39, 0.29) is 11.7 Å². The highest BCUT2D eigenvalue weighted by Crippen LogP contribution is 2.23. The van der Waals surface area contributed by atoms with Crippen LogP contribution in [-0.2, 0) is 17.1 Å². The molecule has 2 rings (SSSR count). The number of nitrogens with zero attached hydrogens (tertiary/aromatic N) is 3. The summed E-state index contributed by atoms with van der Waals surface area (Å²) in [6, 6.07) is 1.78. The van der Waals surface area contributed by atoms with Crippen LogP contribution >= 0.6 is 0 Å². The lowest BCUT2D eigenvalue weighted by atomic mass is 9.93. The fourth-order valence-electron chi connectivity index (χ4n) is 2.73. The van der Waals surface area contributed by atoms with Crippen LogP contribution in [-0.4, -0.2) is 47.6 Å². The number of rotatable bonds is 4. The molecule has 1 aliphatic heterocycles. The number of piperidine rings is 1. The number of ketones is 1. The predicted octanol–water partition coefficient (Wildman–Crippen LogP) is 0.973. The van der Waals surface area contributed by atoms with Crippen molar-refractivity contribution in [2.24, 2.45) is 13.0 Å². The van der Waals surface area contributed by atoms with Gasteiger partial charge in [0, 0.05) is 26.6 Å². The van der Waals surface area contributed by atoms with E-state index < -0.39 is 10.0 Å². The van der Waals surface area contributed by atoms with Crippen molar-refractivity contribution in [3.8, 4) is 0 Å². The summed E-state index contributed by atoms with van der Waals surface area (Å²) in [6.45, 7) is 2.86. The van der Waals surface area contributed by atoms with Gasteiger partial charge in [-0.15, -0.1) is 0 Å². The average Bonchev–Trinajstić information content (AvgIpc) is 2.68. The first kappa shape index (κ1) is 15.2. The topological polar surface area (TPSA) is 72.3 Å². The number of aromatic nitrogens is 2. The van der Waals surface area contributed by atoms with E-state index in [0.717, 1.165) is 18.5 Å².